The zero-order valence-electron chi connectivity index (χ0n) is 15.1. The zero-order chi connectivity index (χ0) is 19.5. The van der Waals surface area contributed by atoms with Crippen molar-refractivity contribution in [1.29, 1.82) is 0 Å². The van der Waals surface area contributed by atoms with E-state index < -0.39 is 0 Å². The molecule has 1 heterocycles. The number of hydrogen-bond donors (Lipinski definition) is 2. The molecule has 3 N–H and O–H groups in total. The van der Waals surface area contributed by atoms with Crippen LogP contribution >= 0.6 is 23.4 Å². The Hall–Kier alpha value is -2.51. The lowest BCUT2D eigenvalue weighted by molar-refractivity contribution is -0.119. The highest BCUT2D eigenvalue weighted by Gasteiger charge is 2.22. The van der Waals surface area contributed by atoms with E-state index in [4.69, 9.17) is 17.4 Å². The van der Waals surface area contributed by atoms with Gasteiger partial charge in [-0.15, -0.1) is 10.2 Å². The normalized spacial score (nSPS) is 15.8. The topological polar surface area (TPSA) is 85.8 Å². The molecule has 8 heteroatoms. The Balaban J connectivity index is 1.41. The van der Waals surface area contributed by atoms with Crippen molar-refractivity contribution in [3.05, 3.63) is 64.7 Å². The van der Waals surface area contributed by atoms with Crippen molar-refractivity contribution in [2.24, 2.45) is 0 Å². The summed E-state index contributed by atoms with van der Waals surface area (Å²) < 4.78 is 1.37. The summed E-state index contributed by atoms with van der Waals surface area (Å²) in [4.78, 5) is 12.5. The average molecular weight is 414 g/mol. The van der Waals surface area contributed by atoms with Gasteiger partial charge in [-0.1, -0.05) is 59.8 Å². The van der Waals surface area contributed by atoms with Crippen molar-refractivity contribution < 1.29 is 4.79 Å². The van der Waals surface area contributed by atoms with Gasteiger partial charge in [0.25, 0.3) is 0 Å². The number of carbonyl (C=O) groups excluding carboxylic acids is 1. The second-order valence-corrected chi connectivity index (χ2v) is 8.01. The molecule has 0 fully saturated rings. The Morgan fingerprint density at radius 1 is 1.21 bits per heavy atom. The van der Waals surface area contributed by atoms with Gasteiger partial charge in [0, 0.05) is 5.56 Å². The third kappa shape index (κ3) is 3.86. The molecule has 1 unspecified atom stereocenters. The summed E-state index contributed by atoms with van der Waals surface area (Å²) in [6.45, 7) is 0. The lowest BCUT2D eigenvalue weighted by Crippen LogP contribution is -2.32. The molecule has 0 radical (unpaired) electrons. The van der Waals surface area contributed by atoms with E-state index in [1.807, 2.05) is 30.3 Å². The monoisotopic (exact) mass is 413 g/mol. The summed E-state index contributed by atoms with van der Waals surface area (Å²) in [5.41, 5.74) is 3.24. The third-order valence-corrected chi connectivity index (χ3v) is 6.09. The third-order valence-electron chi connectivity index (χ3n) is 4.82. The first-order valence-corrected chi connectivity index (χ1v) is 10.4. The van der Waals surface area contributed by atoms with Gasteiger partial charge in [0.05, 0.1) is 16.8 Å². The van der Waals surface area contributed by atoms with Gasteiger partial charge < -0.3 is 11.2 Å². The predicted octanol–water partition coefficient (Wildman–Crippen LogP) is 3.60. The summed E-state index contributed by atoms with van der Waals surface area (Å²) in [5.74, 6) is 6.76. The molecule has 4 rings (SSSR count). The molecule has 2 aromatic carbocycles. The van der Waals surface area contributed by atoms with E-state index in [1.54, 1.807) is 6.07 Å². The number of halogens is 1. The zero-order valence-corrected chi connectivity index (χ0v) is 16.7. The van der Waals surface area contributed by atoms with Crippen molar-refractivity contribution in [3.8, 4) is 11.4 Å². The van der Waals surface area contributed by atoms with Crippen LogP contribution in [-0.2, 0) is 11.2 Å². The molecule has 1 aliphatic carbocycles. The number of nitrogen functional groups attached to an aromatic ring is 1. The largest absolute Gasteiger partial charge is 0.349 e. The van der Waals surface area contributed by atoms with Gasteiger partial charge in [0.1, 0.15) is 0 Å². The summed E-state index contributed by atoms with van der Waals surface area (Å²) >= 11 is 7.47. The molecule has 6 nitrogen and oxygen atoms in total. The van der Waals surface area contributed by atoms with Gasteiger partial charge in [0.2, 0.25) is 11.1 Å². The van der Waals surface area contributed by atoms with E-state index in [0.29, 0.717) is 21.6 Å². The van der Waals surface area contributed by atoms with Crippen molar-refractivity contribution in [2.45, 2.75) is 30.5 Å². The lowest BCUT2D eigenvalue weighted by Gasteiger charge is -2.26. The van der Waals surface area contributed by atoms with Crippen LogP contribution in [0.4, 0.5) is 0 Å². The second-order valence-electron chi connectivity index (χ2n) is 6.66. The Bertz CT molecular complexity index is 1010. The highest BCUT2D eigenvalue weighted by Crippen LogP contribution is 2.30. The molecule has 0 bridgehead atoms. The summed E-state index contributed by atoms with van der Waals surface area (Å²) in [5, 5.41) is 12.4. The van der Waals surface area contributed by atoms with Gasteiger partial charge >= 0.3 is 0 Å². The van der Waals surface area contributed by atoms with E-state index in [9.17, 15) is 4.79 Å². The fourth-order valence-corrected chi connectivity index (χ4v) is 4.36. The average Bonchev–Trinajstić information content (AvgIpc) is 3.07. The molecule has 1 aliphatic rings. The molecular formula is C20H20ClN5OS. The highest BCUT2D eigenvalue weighted by atomic mass is 35.5. The first-order chi connectivity index (χ1) is 13.6. The molecular weight excluding hydrogens is 394 g/mol. The summed E-state index contributed by atoms with van der Waals surface area (Å²) in [6.07, 6.45) is 3.10. The standard InChI is InChI=1S/C20H20ClN5OS/c21-16-10-4-3-9-15(16)19-24-25-20(26(19)22)28-12-18(27)23-17-11-5-7-13-6-1-2-8-14(13)17/h1-4,6,8-10,17H,5,7,11-12,22H2,(H,23,27). The first-order valence-electron chi connectivity index (χ1n) is 9.09. The number of carbonyl (C=O) groups is 1. The molecule has 0 saturated heterocycles. The lowest BCUT2D eigenvalue weighted by atomic mass is 9.88. The second kappa shape index (κ2) is 8.24. The summed E-state index contributed by atoms with van der Waals surface area (Å²) in [7, 11) is 0. The quantitative estimate of drug-likeness (QED) is 0.493. The van der Waals surface area contributed by atoms with Crippen LogP contribution in [0, 0.1) is 0 Å². The number of fused-ring (bicyclic) bond motifs is 1. The maximum atomic E-state index is 12.5. The van der Waals surface area contributed by atoms with E-state index in [1.165, 1.54) is 27.6 Å². The van der Waals surface area contributed by atoms with Crippen LogP contribution in [0.5, 0.6) is 0 Å². The Labute approximate surface area is 172 Å². The minimum atomic E-state index is -0.0472. The number of benzene rings is 2. The minimum absolute atomic E-state index is 0.0472. The maximum absolute atomic E-state index is 12.5. The number of thioether (sulfide) groups is 1. The van der Waals surface area contributed by atoms with E-state index in [-0.39, 0.29) is 17.7 Å². The number of hydrogen-bond acceptors (Lipinski definition) is 5. The van der Waals surface area contributed by atoms with Crippen LogP contribution < -0.4 is 11.2 Å². The molecule has 3 aromatic rings. The molecule has 0 saturated carbocycles. The van der Waals surface area contributed by atoms with Gasteiger partial charge in [0.15, 0.2) is 5.82 Å². The van der Waals surface area contributed by atoms with Crippen LogP contribution in [0.15, 0.2) is 53.7 Å². The van der Waals surface area contributed by atoms with E-state index >= 15 is 0 Å². The molecule has 1 aromatic heterocycles. The number of nitrogens with one attached hydrogen (secondary N) is 1. The SMILES string of the molecule is Nn1c(SCC(=O)NC2CCCc3ccccc32)nnc1-c1ccccc1Cl. The van der Waals surface area contributed by atoms with Crippen LogP contribution in [0.25, 0.3) is 11.4 Å². The highest BCUT2D eigenvalue weighted by molar-refractivity contribution is 7.99. The van der Waals surface area contributed by atoms with Crippen molar-refractivity contribution in [3.63, 3.8) is 0 Å². The van der Waals surface area contributed by atoms with Gasteiger partial charge in [-0.05, 0) is 42.5 Å². The number of nitrogens with two attached hydrogens (primary N) is 1. The molecule has 0 spiro atoms. The van der Waals surface area contributed by atoms with Crippen LogP contribution in [0.3, 0.4) is 0 Å². The molecule has 0 aliphatic heterocycles. The number of aryl methyl sites for hydroxylation is 1. The van der Waals surface area contributed by atoms with Gasteiger partial charge in [-0.3, -0.25) is 4.79 Å². The van der Waals surface area contributed by atoms with Crippen LogP contribution in [-0.4, -0.2) is 26.5 Å². The first kappa shape index (κ1) is 18.8. The maximum Gasteiger partial charge on any atom is 0.230 e. The van der Waals surface area contributed by atoms with Crippen molar-refractivity contribution >= 4 is 29.3 Å². The van der Waals surface area contributed by atoms with Crippen LogP contribution in [0.2, 0.25) is 5.02 Å². The minimum Gasteiger partial charge on any atom is -0.349 e. The number of rotatable bonds is 5. The Kier molecular flexibility index (Phi) is 5.54. The fourth-order valence-electron chi connectivity index (χ4n) is 3.47. The van der Waals surface area contributed by atoms with Crippen molar-refractivity contribution in [2.75, 3.05) is 11.6 Å². The van der Waals surface area contributed by atoms with E-state index in [2.05, 4.69) is 27.6 Å². The smallest absolute Gasteiger partial charge is 0.230 e. The number of nitrogens with zero attached hydrogens (tertiary/aromatic N) is 3. The predicted molar refractivity (Wildman–Crippen MR) is 112 cm³/mol. The molecule has 1 amide bonds. The summed E-state index contributed by atoms with van der Waals surface area (Å²) in [6, 6.07) is 15.7. The molecule has 144 valence electrons. The molecule has 28 heavy (non-hydrogen) atoms. The fraction of sp³-hybridized carbons (Fsp3) is 0.250. The van der Waals surface area contributed by atoms with Crippen LogP contribution in [0.1, 0.15) is 30.0 Å². The Morgan fingerprint density at radius 3 is 2.86 bits per heavy atom. The Morgan fingerprint density at radius 2 is 2.00 bits per heavy atom. The van der Waals surface area contributed by atoms with Gasteiger partial charge in [-0.2, -0.15) is 0 Å². The molecule has 1 atom stereocenters. The van der Waals surface area contributed by atoms with Crippen molar-refractivity contribution in [1.82, 2.24) is 20.2 Å². The number of amides is 1. The van der Waals surface area contributed by atoms with Gasteiger partial charge in [-0.25, -0.2) is 4.68 Å². The number of aromatic nitrogens is 3. The van der Waals surface area contributed by atoms with E-state index in [0.717, 1.165) is 19.3 Å².